The van der Waals surface area contributed by atoms with E-state index in [0.717, 1.165) is 51.7 Å². The average molecular weight is 210 g/mol. The van der Waals surface area contributed by atoms with Gasteiger partial charge < -0.3 is 4.74 Å². The number of hydrogen-bond acceptors (Lipinski definition) is 1. The molecule has 0 aromatic carbocycles. The van der Waals surface area contributed by atoms with E-state index in [2.05, 4.69) is 27.0 Å². The lowest BCUT2D eigenvalue weighted by atomic mass is 10.1. The third-order valence-corrected chi connectivity index (χ3v) is 2.64. The fourth-order valence-corrected chi connectivity index (χ4v) is 1.30. The van der Waals surface area contributed by atoms with E-state index < -0.39 is 0 Å². The number of hydrogen-bond donors (Lipinski definition) is 0. The molecule has 0 unspecified atom stereocenters. The van der Waals surface area contributed by atoms with Crippen molar-refractivity contribution >= 4 is 0 Å². The van der Waals surface area contributed by atoms with Crippen molar-refractivity contribution in [3.8, 4) is 0 Å². The van der Waals surface area contributed by atoms with Gasteiger partial charge >= 0.3 is 0 Å². The van der Waals surface area contributed by atoms with E-state index in [4.69, 9.17) is 4.74 Å². The first-order valence-electron chi connectivity index (χ1n) is 6.11. The van der Waals surface area contributed by atoms with Gasteiger partial charge in [0.05, 0.1) is 0 Å². The van der Waals surface area contributed by atoms with E-state index in [9.17, 15) is 0 Å². The Labute approximate surface area is 95.2 Å². The zero-order chi connectivity index (χ0) is 11.5. The Morgan fingerprint density at radius 1 is 0.867 bits per heavy atom. The summed E-state index contributed by atoms with van der Waals surface area (Å²) in [5.74, 6) is 0. The largest absolute Gasteiger partial charge is 0.381 e. The van der Waals surface area contributed by atoms with Gasteiger partial charge in [-0.25, -0.2) is 0 Å². The van der Waals surface area contributed by atoms with Crippen molar-refractivity contribution in [2.75, 3.05) is 13.2 Å². The molecule has 1 nitrogen and oxygen atoms in total. The smallest absolute Gasteiger partial charge is 0.0469 e. The quantitative estimate of drug-likeness (QED) is 0.381. The standard InChI is InChI=1S/C14H26O/c1-5-13(3)9-7-11-15-12-8-10-14(4)6-2/h3-12H2,1-2H3. The maximum absolute atomic E-state index is 5.54. The summed E-state index contributed by atoms with van der Waals surface area (Å²) in [6.45, 7) is 14.0. The molecule has 0 aliphatic rings. The van der Waals surface area contributed by atoms with Crippen molar-refractivity contribution < 1.29 is 4.74 Å². The molecule has 0 N–H and O–H groups in total. The number of rotatable bonds is 10. The maximum atomic E-state index is 5.54. The third kappa shape index (κ3) is 9.74. The molecule has 1 heteroatoms. The molecule has 0 bridgehead atoms. The number of allylic oxidation sites excluding steroid dienone is 2. The predicted molar refractivity (Wildman–Crippen MR) is 68.1 cm³/mol. The van der Waals surface area contributed by atoms with Gasteiger partial charge in [0, 0.05) is 13.2 Å². The highest BCUT2D eigenvalue weighted by molar-refractivity contribution is 4.92. The van der Waals surface area contributed by atoms with Gasteiger partial charge in [-0.3, -0.25) is 0 Å². The van der Waals surface area contributed by atoms with Crippen LogP contribution in [0.4, 0.5) is 0 Å². The highest BCUT2D eigenvalue weighted by Crippen LogP contribution is 2.08. The van der Waals surface area contributed by atoms with Crippen LogP contribution in [0.3, 0.4) is 0 Å². The van der Waals surface area contributed by atoms with Crippen molar-refractivity contribution in [1.29, 1.82) is 0 Å². The maximum Gasteiger partial charge on any atom is 0.0469 e. The van der Waals surface area contributed by atoms with Gasteiger partial charge in [0.2, 0.25) is 0 Å². The molecule has 0 rings (SSSR count). The van der Waals surface area contributed by atoms with E-state index in [-0.39, 0.29) is 0 Å². The first-order valence-corrected chi connectivity index (χ1v) is 6.11. The van der Waals surface area contributed by atoms with Gasteiger partial charge in [-0.05, 0) is 38.5 Å². The summed E-state index contributed by atoms with van der Waals surface area (Å²) in [5.41, 5.74) is 2.66. The van der Waals surface area contributed by atoms with Crippen LogP contribution in [0.5, 0.6) is 0 Å². The van der Waals surface area contributed by atoms with Crippen LogP contribution in [0.15, 0.2) is 24.3 Å². The minimum absolute atomic E-state index is 0.873. The van der Waals surface area contributed by atoms with Gasteiger partial charge in [0.1, 0.15) is 0 Å². The molecule has 0 saturated heterocycles. The van der Waals surface area contributed by atoms with Crippen molar-refractivity contribution in [3.63, 3.8) is 0 Å². The molecular weight excluding hydrogens is 184 g/mol. The van der Waals surface area contributed by atoms with Crippen LogP contribution in [0.2, 0.25) is 0 Å². The molecule has 0 spiro atoms. The average Bonchev–Trinajstić information content (AvgIpc) is 2.26. The van der Waals surface area contributed by atoms with Crippen molar-refractivity contribution in [1.82, 2.24) is 0 Å². The Morgan fingerprint density at radius 3 is 1.60 bits per heavy atom. The molecule has 0 heterocycles. The first-order chi connectivity index (χ1) is 7.20. The van der Waals surface area contributed by atoms with Crippen LogP contribution < -0.4 is 0 Å². The molecule has 0 atom stereocenters. The van der Waals surface area contributed by atoms with Gasteiger partial charge in [-0.15, -0.1) is 0 Å². The monoisotopic (exact) mass is 210 g/mol. The van der Waals surface area contributed by atoms with E-state index in [1.807, 2.05) is 0 Å². The second-order valence-corrected chi connectivity index (χ2v) is 4.03. The second-order valence-electron chi connectivity index (χ2n) is 4.03. The van der Waals surface area contributed by atoms with Gasteiger partial charge in [-0.2, -0.15) is 0 Å². The summed E-state index contributed by atoms with van der Waals surface area (Å²) < 4.78 is 5.54. The molecule has 0 amide bonds. The molecular formula is C14H26O. The second kappa shape index (κ2) is 9.97. The van der Waals surface area contributed by atoms with Crippen LogP contribution >= 0.6 is 0 Å². The SMILES string of the molecule is C=C(CC)CCCOCCCC(=C)CC. The Bertz CT molecular complexity index is 162. The van der Waals surface area contributed by atoms with E-state index in [0.29, 0.717) is 0 Å². The molecule has 15 heavy (non-hydrogen) atoms. The number of ether oxygens (including phenoxy) is 1. The fourth-order valence-electron chi connectivity index (χ4n) is 1.30. The zero-order valence-electron chi connectivity index (χ0n) is 10.5. The lowest BCUT2D eigenvalue weighted by molar-refractivity contribution is 0.129. The molecule has 0 aromatic heterocycles. The Hall–Kier alpha value is -0.560. The normalized spacial score (nSPS) is 10.3. The van der Waals surface area contributed by atoms with Crippen LogP contribution in [0.25, 0.3) is 0 Å². The van der Waals surface area contributed by atoms with Crippen molar-refractivity contribution in [2.24, 2.45) is 0 Å². The Morgan fingerprint density at radius 2 is 1.27 bits per heavy atom. The topological polar surface area (TPSA) is 9.23 Å². The minimum atomic E-state index is 0.873. The fraction of sp³-hybridized carbons (Fsp3) is 0.714. The lowest BCUT2D eigenvalue weighted by Gasteiger charge is -2.05. The molecule has 0 fully saturated rings. The molecule has 0 aromatic rings. The van der Waals surface area contributed by atoms with Crippen molar-refractivity contribution in [3.05, 3.63) is 24.3 Å². The molecule has 0 saturated carbocycles. The lowest BCUT2D eigenvalue weighted by Crippen LogP contribution is -1.98. The minimum Gasteiger partial charge on any atom is -0.381 e. The van der Waals surface area contributed by atoms with Crippen LogP contribution in [-0.2, 0) is 4.74 Å². The summed E-state index contributed by atoms with van der Waals surface area (Å²) in [7, 11) is 0. The molecule has 88 valence electrons. The van der Waals surface area contributed by atoms with E-state index >= 15 is 0 Å². The molecule has 0 aliphatic carbocycles. The third-order valence-electron chi connectivity index (χ3n) is 2.64. The van der Waals surface area contributed by atoms with Crippen LogP contribution in [0, 0.1) is 0 Å². The van der Waals surface area contributed by atoms with Crippen LogP contribution in [-0.4, -0.2) is 13.2 Å². The predicted octanol–water partition coefficient (Wildman–Crippen LogP) is 4.50. The Balaban J connectivity index is 3.11. The molecule has 0 aliphatic heterocycles. The summed E-state index contributed by atoms with van der Waals surface area (Å²) in [4.78, 5) is 0. The zero-order valence-corrected chi connectivity index (χ0v) is 10.5. The summed E-state index contributed by atoms with van der Waals surface area (Å²) in [6.07, 6.45) is 6.63. The molecule has 0 radical (unpaired) electrons. The van der Waals surface area contributed by atoms with E-state index in [1.54, 1.807) is 0 Å². The highest BCUT2D eigenvalue weighted by atomic mass is 16.5. The summed E-state index contributed by atoms with van der Waals surface area (Å²) in [5, 5.41) is 0. The van der Waals surface area contributed by atoms with E-state index in [1.165, 1.54) is 11.1 Å². The van der Waals surface area contributed by atoms with Crippen molar-refractivity contribution in [2.45, 2.75) is 52.4 Å². The highest BCUT2D eigenvalue weighted by Gasteiger charge is 1.94. The van der Waals surface area contributed by atoms with Gasteiger partial charge in [-0.1, -0.05) is 38.2 Å². The summed E-state index contributed by atoms with van der Waals surface area (Å²) >= 11 is 0. The Kier molecular flexibility index (Phi) is 9.60. The summed E-state index contributed by atoms with van der Waals surface area (Å²) in [6, 6.07) is 0. The first kappa shape index (κ1) is 14.4. The van der Waals surface area contributed by atoms with Gasteiger partial charge in [0.25, 0.3) is 0 Å². The van der Waals surface area contributed by atoms with Crippen LogP contribution in [0.1, 0.15) is 52.4 Å². The van der Waals surface area contributed by atoms with Gasteiger partial charge in [0.15, 0.2) is 0 Å².